The second-order valence-corrected chi connectivity index (χ2v) is 7.75. The maximum absolute atomic E-state index is 12.9. The van der Waals surface area contributed by atoms with E-state index in [4.69, 9.17) is 0 Å². The Bertz CT molecular complexity index is 955. The lowest BCUT2D eigenvalue weighted by Gasteiger charge is -2.24. The molecule has 1 aliphatic rings. The monoisotopic (exact) mass is 419 g/mol. The minimum atomic E-state index is -0.221. The minimum absolute atomic E-state index is 0.0302. The first-order valence-corrected chi connectivity index (χ1v) is 10.6. The van der Waals surface area contributed by atoms with Crippen molar-refractivity contribution in [3.05, 3.63) is 71.8 Å². The summed E-state index contributed by atoms with van der Waals surface area (Å²) in [4.78, 5) is 42.8. The molecule has 0 bridgehead atoms. The van der Waals surface area contributed by atoms with Gasteiger partial charge in [-0.2, -0.15) is 0 Å². The molecular formula is C25H29N3O3. The number of hydrogen-bond donors (Lipinski definition) is 0. The molecular weight excluding hydrogens is 390 g/mol. The summed E-state index contributed by atoms with van der Waals surface area (Å²) in [5.41, 5.74) is 2.76. The third kappa shape index (κ3) is 6.04. The third-order valence-corrected chi connectivity index (χ3v) is 5.24. The maximum Gasteiger partial charge on any atom is 0.248 e. The van der Waals surface area contributed by atoms with E-state index in [1.165, 1.54) is 11.0 Å². The Hall–Kier alpha value is -3.41. The van der Waals surface area contributed by atoms with E-state index in [1.807, 2.05) is 68.4 Å². The molecule has 1 aliphatic heterocycles. The number of rotatable bonds is 8. The van der Waals surface area contributed by atoms with Gasteiger partial charge in [0, 0.05) is 18.3 Å². The van der Waals surface area contributed by atoms with Gasteiger partial charge in [0.05, 0.1) is 0 Å². The predicted octanol–water partition coefficient (Wildman–Crippen LogP) is 3.47. The number of aryl methyl sites for hydroxylation is 1. The van der Waals surface area contributed by atoms with Crippen LogP contribution in [0.3, 0.4) is 0 Å². The van der Waals surface area contributed by atoms with Gasteiger partial charge in [0.15, 0.2) is 0 Å². The van der Waals surface area contributed by atoms with Crippen LogP contribution in [0.25, 0.3) is 6.08 Å². The van der Waals surface area contributed by atoms with E-state index < -0.39 is 0 Å². The first-order valence-electron chi connectivity index (χ1n) is 10.6. The standard InChI is InChI=1S/C25H29N3O3/c1-3-4-15-26(23(29)14-13-21-10-6-5-7-11-21)17-24(30)27-18-25(31)28(19-27)22-12-8-9-20(2)16-22/h5-14,16H,3-4,15,17-19H2,1-2H3/b14-13+. The van der Waals surface area contributed by atoms with Crippen molar-refractivity contribution in [3.63, 3.8) is 0 Å². The van der Waals surface area contributed by atoms with Crippen LogP contribution in [-0.2, 0) is 14.4 Å². The molecule has 0 unspecified atom stereocenters. The lowest BCUT2D eigenvalue weighted by molar-refractivity contribution is -0.138. The van der Waals surface area contributed by atoms with Gasteiger partial charge in [-0.05, 0) is 42.7 Å². The smallest absolute Gasteiger partial charge is 0.248 e. The summed E-state index contributed by atoms with van der Waals surface area (Å²) in [6.45, 7) is 4.71. The van der Waals surface area contributed by atoms with Gasteiger partial charge in [0.1, 0.15) is 19.8 Å². The molecule has 3 rings (SSSR count). The summed E-state index contributed by atoms with van der Waals surface area (Å²) in [7, 11) is 0. The third-order valence-electron chi connectivity index (χ3n) is 5.24. The van der Waals surface area contributed by atoms with E-state index >= 15 is 0 Å². The molecule has 6 nitrogen and oxygen atoms in total. The van der Waals surface area contributed by atoms with E-state index in [0.717, 1.165) is 29.7 Å². The summed E-state index contributed by atoms with van der Waals surface area (Å²) in [5, 5.41) is 0. The summed E-state index contributed by atoms with van der Waals surface area (Å²) in [5.74, 6) is -0.540. The molecule has 2 aromatic carbocycles. The van der Waals surface area contributed by atoms with Gasteiger partial charge in [-0.1, -0.05) is 55.8 Å². The van der Waals surface area contributed by atoms with Gasteiger partial charge < -0.3 is 9.80 Å². The number of nitrogens with zero attached hydrogens (tertiary/aromatic N) is 3. The largest absolute Gasteiger partial charge is 0.330 e. The zero-order valence-corrected chi connectivity index (χ0v) is 18.2. The average Bonchev–Trinajstić information content (AvgIpc) is 3.17. The van der Waals surface area contributed by atoms with Crippen molar-refractivity contribution >= 4 is 29.5 Å². The van der Waals surface area contributed by atoms with Gasteiger partial charge >= 0.3 is 0 Å². The summed E-state index contributed by atoms with van der Waals surface area (Å²) >= 11 is 0. The first-order chi connectivity index (χ1) is 15.0. The highest BCUT2D eigenvalue weighted by Gasteiger charge is 2.32. The van der Waals surface area contributed by atoms with E-state index in [1.54, 1.807) is 15.9 Å². The molecule has 0 atom stereocenters. The SMILES string of the molecule is CCCCN(CC(=O)N1CC(=O)N(c2cccc(C)c2)C1)C(=O)/C=C/c1ccccc1. The van der Waals surface area contributed by atoms with Crippen LogP contribution in [0.5, 0.6) is 0 Å². The zero-order valence-electron chi connectivity index (χ0n) is 18.2. The highest BCUT2D eigenvalue weighted by atomic mass is 16.2. The van der Waals surface area contributed by atoms with Crippen molar-refractivity contribution in [1.29, 1.82) is 0 Å². The molecule has 2 aromatic rings. The minimum Gasteiger partial charge on any atom is -0.330 e. The topological polar surface area (TPSA) is 60.9 Å². The fourth-order valence-electron chi connectivity index (χ4n) is 3.45. The van der Waals surface area contributed by atoms with E-state index in [0.29, 0.717) is 6.54 Å². The number of hydrogen-bond acceptors (Lipinski definition) is 3. The van der Waals surface area contributed by atoms with Gasteiger partial charge in [-0.25, -0.2) is 0 Å². The fourth-order valence-corrected chi connectivity index (χ4v) is 3.45. The average molecular weight is 420 g/mol. The van der Waals surface area contributed by atoms with Crippen LogP contribution in [0.1, 0.15) is 30.9 Å². The van der Waals surface area contributed by atoms with Crippen LogP contribution < -0.4 is 4.90 Å². The molecule has 3 amide bonds. The van der Waals surface area contributed by atoms with Crippen LogP contribution >= 0.6 is 0 Å². The Kier molecular flexibility index (Phi) is 7.60. The molecule has 6 heteroatoms. The van der Waals surface area contributed by atoms with Crippen molar-refractivity contribution < 1.29 is 14.4 Å². The summed E-state index contributed by atoms with van der Waals surface area (Å²) < 4.78 is 0. The Morgan fingerprint density at radius 2 is 1.87 bits per heavy atom. The van der Waals surface area contributed by atoms with Crippen molar-refractivity contribution in [1.82, 2.24) is 9.80 Å². The van der Waals surface area contributed by atoms with Crippen LogP contribution in [0, 0.1) is 6.92 Å². The Balaban J connectivity index is 1.65. The maximum atomic E-state index is 12.9. The van der Waals surface area contributed by atoms with Crippen molar-refractivity contribution in [2.75, 3.05) is 31.2 Å². The van der Waals surface area contributed by atoms with Crippen molar-refractivity contribution in [2.45, 2.75) is 26.7 Å². The van der Waals surface area contributed by atoms with Crippen molar-refractivity contribution in [3.8, 4) is 0 Å². The second kappa shape index (κ2) is 10.6. The number of anilines is 1. The lowest BCUT2D eigenvalue weighted by Crippen LogP contribution is -2.42. The van der Waals surface area contributed by atoms with Crippen LogP contribution in [-0.4, -0.2) is 53.8 Å². The number of benzene rings is 2. The molecule has 0 saturated carbocycles. The van der Waals surface area contributed by atoms with E-state index in [-0.39, 0.29) is 37.5 Å². The molecule has 0 N–H and O–H groups in total. The Morgan fingerprint density at radius 3 is 2.58 bits per heavy atom. The van der Waals surface area contributed by atoms with Gasteiger partial charge in [-0.3, -0.25) is 19.3 Å². The highest BCUT2D eigenvalue weighted by Crippen LogP contribution is 2.20. The van der Waals surface area contributed by atoms with E-state index in [9.17, 15) is 14.4 Å². The van der Waals surface area contributed by atoms with Crippen LogP contribution in [0.15, 0.2) is 60.7 Å². The number of carbonyl (C=O) groups excluding carboxylic acids is 3. The quantitative estimate of drug-likeness (QED) is 0.616. The number of carbonyl (C=O) groups is 3. The molecule has 1 heterocycles. The molecule has 1 fully saturated rings. The summed E-state index contributed by atoms with van der Waals surface area (Å²) in [6, 6.07) is 17.2. The van der Waals surface area contributed by atoms with Gasteiger partial charge in [0.2, 0.25) is 17.7 Å². The molecule has 0 spiro atoms. The normalized spacial score (nSPS) is 13.8. The molecule has 162 valence electrons. The molecule has 0 aromatic heterocycles. The molecule has 0 aliphatic carbocycles. The molecule has 31 heavy (non-hydrogen) atoms. The first kappa shape index (κ1) is 22.3. The number of amides is 3. The Morgan fingerprint density at radius 1 is 1.10 bits per heavy atom. The van der Waals surface area contributed by atoms with Gasteiger partial charge in [0.25, 0.3) is 0 Å². The second-order valence-electron chi connectivity index (χ2n) is 7.75. The molecule has 1 saturated heterocycles. The van der Waals surface area contributed by atoms with Crippen molar-refractivity contribution in [2.24, 2.45) is 0 Å². The fraction of sp³-hybridized carbons (Fsp3) is 0.320. The van der Waals surface area contributed by atoms with Crippen LogP contribution in [0.2, 0.25) is 0 Å². The van der Waals surface area contributed by atoms with Crippen LogP contribution in [0.4, 0.5) is 5.69 Å². The predicted molar refractivity (Wildman–Crippen MR) is 122 cm³/mol. The zero-order chi connectivity index (χ0) is 22.2. The van der Waals surface area contributed by atoms with E-state index in [2.05, 4.69) is 0 Å². The lowest BCUT2D eigenvalue weighted by atomic mass is 10.2. The Labute approximate surface area is 183 Å². The highest BCUT2D eigenvalue weighted by molar-refractivity contribution is 6.01. The summed E-state index contributed by atoms with van der Waals surface area (Å²) in [6.07, 6.45) is 4.99. The number of unbranched alkanes of at least 4 members (excludes halogenated alkanes) is 1. The van der Waals surface area contributed by atoms with Gasteiger partial charge in [-0.15, -0.1) is 0 Å². The molecule has 0 radical (unpaired) electrons.